The number of imidazole rings is 1. The number of rotatable bonds is 4. The summed E-state index contributed by atoms with van der Waals surface area (Å²) in [5, 5.41) is 2.87. The fraction of sp³-hybridized carbons (Fsp3) is 0.385. The maximum absolute atomic E-state index is 11.9. The van der Waals surface area contributed by atoms with Gasteiger partial charge in [-0.15, -0.1) is 0 Å². The predicted octanol–water partition coefficient (Wildman–Crippen LogP) is 0.301. The molecule has 8 heteroatoms. The van der Waals surface area contributed by atoms with Crippen molar-refractivity contribution in [2.24, 2.45) is 0 Å². The Hall–Kier alpha value is -2.09. The van der Waals surface area contributed by atoms with Gasteiger partial charge in [0.15, 0.2) is 9.84 Å². The Labute approximate surface area is 122 Å². The average Bonchev–Trinajstić information content (AvgIpc) is 3.13. The number of hydrogen-bond acceptors (Lipinski definition) is 5. The number of nitrogens with two attached hydrogens (primary N) is 1. The highest BCUT2D eigenvalue weighted by Crippen LogP contribution is 2.25. The highest BCUT2D eigenvalue weighted by molar-refractivity contribution is 7.91. The van der Waals surface area contributed by atoms with Crippen LogP contribution in [0, 0.1) is 0 Å². The molecule has 0 unspecified atom stereocenters. The molecule has 0 saturated heterocycles. The molecular formula is C13H16N4O3S. The van der Waals surface area contributed by atoms with Crippen molar-refractivity contribution in [2.75, 3.05) is 12.0 Å². The van der Waals surface area contributed by atoms with Crippen molar-refractivity contribution in [1.82, 2.24) is 14.9 Å². The van der Waals surface area contributed by atoms with Gasteiger partial charge in [0.1, 0.15) is 12.1 Å². The van der Waals surface area contributed by atoms with Crippen molar-refractivity contribution in [2.45, 2.75) is 30.3 Å². The summed E-state index contributed by atoms with van der Waals surface area (Å²) in [6, 6.07) is 5.08. The second kappa shape index (κ2) is 4.73. The molecule has 1 aromatic carbocycles. The molecule has 7 nitrogen and oxygen atoms in total. The molecule has 2 aromatic rings. The molecule has 3 rings (SSSR count). The third-order valence-corrected chi connectivity index (χ3v) is 4.54. The third-order valence-electron chi connectivity index (χ3n) is 3.42. The first-order valence-electron chi connectivity index (χ1n) is 6.60. The number of carbonyl (C=O) groups excluding carboxylic acids is 1. The highest BCUT2D eigenvalue weighted by atomic mass is 32.2. The van der Waals surface area contributed by atoms with Crippen molar-refractivity contribution in [3.63, 3.8) is 0 Å². The summed E-state index contributed by atoms with van der Waals surface area (Å²) in [6.45, 7) is 0.0338. The monoisotopic (exact) mass is 308 g/mol. The molecule has 1 fully saturated rings. The fourth-order valence-corrected chi connectivity index (χ4v) is 3.08. The van der Waals surface area contributed by atoms with Crippen LogP contribution in [0.25, 0.3) is 11.0 Å². The fourth-order valence-electron chi connectivity index (χ4n) is 2.25. The van der Waals surface area contributed by atoms with E-state index < -0.39 is 9.84 Å². The van der Waals surface area contributed by atoms with Gasteiger partial charge in [-0.05, 0) is 25.0 Å². The standard InChI is InChI=1S/C13H16N4O3S/c1-21(19,20)10-4-2-3-9-12(10)16-13(14)17(9)7-11(18)15-8-5-6-8/h2-4,8H,5-7H2,1H3,(H2,14,16)(H,15,18). The van der Waals surface area contributed by atoms with Gasteiger partial charge in [-0.2, -0.15) is 0 Å². The molecule has 1 aliphatic carbocycles. The lowest BCUT2D eigenvalue weighted by Gasteiger charge is -2.07. The quantitative estimate of drug-likeness (QED) is 0.845. The van der Waals surface area contributed by atoms with E-state index in [1.807, 2.05) is 0 Å². The van der Waals surface area contributed by atoms with E-state index in [2.05, 4.69) is 10.3 Å². The minimum Gasteiger partial charge on any atom is -0.369 e. The summed E-state index contributed by atoms with van der Waals surface area (Å²) in [5.41, 5.74) is 6.68. The maximum Gasteiger partial charge on any atom is 0.240 e. The van der Waals surface area contributed by atoms with Crippen molar-refractivity contribution >= 4 is 32.7 Å². The lowest BCUT2D eigenvalue weighted by Crippen LogP contribution is -2.29. The number of nitrogens with one attached hydrogen (secondary N) is 1. The molecule has 1 saturated carbocycles. The van der Waals surface area contributed by atoms with Crippen LogP contribution in [0.4, 0.5) is 5.95 Å². The SMILES string of the molecule is CS(=O)(=O)c1cccc2c1nc(N)n2CC(=O)NC1CC1. The summed E-state index contributed by atoms with van der Waals surface area (Å²) >= 11 is 0. The van der Waals surface area contributed by atoms with Crippen LogP contribution >= 0.6 is 0 Å². The van der Waals surface area contributed by atoms with Crippen molar-refractivity contribution < 1.29 is 13.2 Å². The smallest absolute Gasteiger partial charge is 0.240 e. The second-order valence-corrected chi connectivity index (χ2v) is 7.28. The van der Waals surface area contributed by atoms with Crippen LogP contribution in [0.15, 0.2) is 23.1 Å². The number of aromatic nitrogens is 2. The molecule has 0 atom stereocenters. The van der Waals surface area contributed by atoms with Gasteiger partial charge >= 0.3 is 0 Å². The molecular weight excluding hydrogens is 292 g/mol. The van der Waals surface area contributed by atoms with Gasteiger partial charge in [0.2, 0.25) is 11.9 Å². The molecule has 1 aromatic heterocycles. The number of anilines is 1. The van der Waals surface area contributed by atoms with Gasteiger partial charge < -0.3 is 15.6 Å². The van der Waals surface area contributed by atoms with Gasteiger partial charge in [-0.1, -0.05) is 6.07 Å². The van der Waals surface area contributed by atoms with Crippen LogP contribution in [0.2, 0.25) is 0 Å². The number of carbonyl (C=O) groups is 1. The van der Waals surface area contributed by atoms with E-state index in [1.165, 1.54) is 10.6 Å². The van der Waals surface area contributed by atoms with Crippen LogP contribution in [-0.4, -0.2) is 36.2 Å². The van der Waals surface area contributed by atoms with E-state index in [-0.39, 0.29) is 29.3 Å². The molecule has 1 amide bonds. The number of hydrogen-bond donors (Lipinski definition) is 2. The molecule has 0 aliphatic heterocycles. The number of para-hydroxylation sites is 1. The average molecular weight is 308 g/mol. The van der Waals surface area contributed by atoms with Gasteiger partial charge in [-0.25, -0.2) is 13.4 Å². The lowest BCUT2D eigenvalue weighted by atomic mass is 10.3. The molecule has 1 heterocycles. The number of fused-ring (bicyclic) bond motifs is 1. The summed E-state index contributed by atoms with van der Waals surface area (Å²) in [5.74, 6) is -0.0136. The minimum atomic E-state index is -3.40. The lowest BCUT2D eigenvalue weighted by molar-refractivity contribution is -0.121. The molecule has 112 valence electrons. The molecule has 21 heavy (non-hydrogen) atoms. The molecule has 0 spiro atoms. The Morgan fingerprint density at radius 3 is 2.81 bits per heavy atom. The van der Waals surface area contributed by atoms with Gasteiger partial charge in [0, 0.05) is 12.3 Å². The van der Waals surface area contributed by atoms with Gasteiger partial charge in [0.05, 0.1) is 10.4 Å². The molecule has 0 radical (unpaired) electrons. The van der Waals surface area contributed by atoms with Gasteiger partial charge in [-0.3, -0.25) is 4.79 Å². The Bertz CT molecular complexity index is 821. The molecule has 0 bridgehead atoms. The first-order chi connectivity index (χ1) is 9.86. The van der Waals surface area contributed by atoms with Crippen LogP contribution in [0.5, 0.6) is 0 Å². The van der Waals surface area contributed by atoms with E-state index in [4.69, 9.17) is 5.73 Å². The first-order valence-corrected chi connectivity index (χ1v) is 8.49. The molecule has 3 N–H and O–H groups in total. The zero-order chi connectivity index (χ0) is 15.2. The number of nitrogens with zero attached hydrogens (tertiary/aromatic N) is 2. The van der Waals surface area contributed by atoms with E-state index in [0.717, 1.165) is 19.1 Å². The number of sulfone groups is 1. The van der Waals surface area contributed by atoms with E-state index in [1.54, 1.807) is 12.1 Å². The minimum absolute atomic E-state index is 0.0338. The largest absolute Gasteiger partial charge is 0.369 e. The third kappa shape index (κ3) is 2.71. The van der Waals surface area contributed by atoms with Crippen molar-refractivity contribution in [3.8, 4) is 0 Å². The molecule has 1 aliphatic rings. The zero-order valence-electron chi connectivity index (χ0n) is 11.5. The van der Waals surface area contributed by atoms with E-state index in [9.17, 15) is 13.2 Å². The van der Waals surface area contributed by atoms with Crippen molar-refractivity contribution in [3.05, 3.63) is 18.2 Å². The number of benzene rings is 1. The zero-order valence-corrected chi connectivity index (χ0v) is 12.4. The van der Waals surface area contributed by atoms with Gasteiger partial charge in [0.25, 0.3) is 0 Å². The Morgan fingerprint density at radius 1 is 1.48 bits per heavy atom. The van der Waals surface area contributed by atoms with Crippen LogP contribution in [-0.2, 0) is 21.2 Å². The van der Waals surface area contributed by atoms with Crippen LogP contribution in [0.3, 0.4) is 0 Å². The van der Waals surface area contributed by atoms with E-state index in [0.29, 0.717) is 11.0 Å². The topological polar surface area (TPSA) is 107 Å². The van der Waals surface area contributed by atoms with Crippen LogP contribution < -0.4 is 11.1 Å². The van der Waals surface area contributed by atoms with Crippen molar-refractivity contribution in [1.29, 1.82) is 0 Å². The maximum atomic E-state index is 11.9. The number of amides is 1. The highest BCUT2D eigenvalue weighted by Gasteiger charge is 2.24. The summed E-state index contributed by atoms with van der Waals surface area (Å²) in [7, 11) is -3.40. The number of nitrogen functional groups attached to an aromatic ring is 1. The normalized spacial score (nSPS) is 15.3. The summed E-state index contributed by atoms with van der Waals surface area (Å²) < 4.78 is 25.1. The Morgan fingerprint density at radius 2 is 2.19 bits per heavy atom. The van der Waals surface area contributed by atoms with Crippen LogP contribution in [0.1, 0.15) is 12.8 Å². The Balaban J connectivity index is 2.03. The second-order valence-electron chi connectivity index (χ2n) is 5.29. The summed E-state index contributed by atoms with van der Waals surface area (Å²) in [6.07, 6.45) is 3.13. The Kier molecular flexibility index (Phi) is 3.12. The van der Waals surface area contributed by atoms with E-state index >= 15 is 0 Å². The summed E-state index contributed by atoms with van der Waals surface area (Å²) in [4.78, 5) is 16.1. The predicted molar refractivity (Wildman–Crippen MR) is 78.4 cm³/mol. The first kappa shape index (κ1) is 13.9.